The lowest BCUT2D eigenvalue weighted by Crippen LogP contribution is -2.09. The summed E-state index contributed by atoms with van der Waals surface area (Å²) >= 11 is 1.68. The van der Waals surface area contributed by atoms with E-state index in [0.717, 1.165) is 12.2 Å². The SMILES string of the molecule is CCCCCSCCS(=O)(=O)c1cccc(C#N)c1. The Balaban J connectivity index is 2.49. The van der Waals surface area contributed by atoms with Gasteiger partial charge in [0.05, 0.1) is 22.3 Å². The number of sulfone groups is 1. The van der Waals surface area contributed by atoms with E-state index in [1.165, 1.54) is 18.9 Å². The Labute approximate surface area is 119 Å². The predicted molar refractivity (Wildman–Crippen MR) is 80.1 cm³/mol. The highest BCUT2D eigenvalue weighted by molar-refractivity contribution is 8.00. The molecular formula is C14H19NO2S2. The van der Waals surface area contributed by atoms with Crippen molar-refractivity contribution in [1.82, 2.24) is 0 Å². The summed E-state index contributed by atoms with van der Waals surface area (Å²) < 4.78 is 24.1. The van der Waals surface area contributed by atoms with Gasteiger partial charge in [0, 0.05) is 5.75 Å². The van der Waals surface area contributed by atoms with Crippen LogP contribution in [0.15, 0.2) is 29.2 Å². The molecule has 3 nitrogen and oxygen atoms in total. The van der Waals surface area contributed by atoms with Gasteiger partial charge in [0.15, 0.2) is 9.84 Å². The van der Waals surface area contributed by atoms with E-state index in [4.69, 9.17) is 5.26 Å². The van der Waals surface area contributed by atoms with E-state index in [2.05, 4.69) is 6.92 Å². The van der Waals surface area contributed by atoms with Gasteiger partial charge in [0.25, 0.3) is 0 Å². The summed E-state index contributed by atoms with van der Waals surface area (Å²) in [5.74, 6) is 1.77. The fraction of sp³-hybridized carbons (Fsp3) is 0.500. The molecule has 104 valence electrons. The fourth-order valence-electron chi connectivity index (χ4n) is 1.60. The van der Waals surface area contributed by atoms with Crippen LogP contribution < -0.4 is 0 Å². The summed E-state index contributed by atoms with van der Waals surface area (Å²) in [7, 11) is -3.26. The maximum atomic E-state index is 12.1. The molecule has 0 saturated carbocycles. The molecule has 19 heavy (non-hydrogen) atoms. The van der Waals surface area contributed by atoms with Crippen LogP contribution in [-0.2, 0) is 9.84 Å². The van der Waals surface area contributed by atoms with E-state index in [1.54, 1.807) is 30.0 Å². The van der Waals surface area contributed by atoms with Crippen LogP contribution in [0, 0.1) is 11.3 Å². The normalized spacial score (nSPS) is 11.2. The average molecular weight is 297 g/mol. The van der Waals surface area contributed by atoms with Gasteiger partial charge < -0.3 is 0 Å². The van der Waals surface area contributed by atoms with E-state index in [1.807, 2.05) is 6.07 Å². The van der Waals surface area contributed by atoms with Crippen LogP contribution in [0.2, 0.25) is 0 Å². The Morgan fingerprint density at radius 3 is 2.74 bits per heavy atom. The minimum absolute atomic E-state index is 0.138. The van der Waals surface area contributed by atoms with Gasteiger partial charge in [-0.15, -0.1) is 0 Å². The Morgan fingerprint density at radius 2 is 2.05 bits per heavy atom. The lowest BCUT2D eigenvalue weighted by molar-refractivity contribution is 0.597. The maximum absolute atomic E-state index is 12.1. The summed E-state index contributed by atoms with van der Waals surface area (Å²) in [6.45, 7) is 2.15. The first kappa shape index (κ1) is 16.1. The van der Waals surface area contributed by atoms with Crippen LogP contribution in [-0.4, -0.2) is 25.7 Å². The van der Waals surface area contributed by atoms with E-state index in [-0.39, 0.29) is 10.6 Å². The van der Waals surface area contributed by atoms with Crippen molar-refractivity contribution in [3.63, 3.8) is 0 Å². The predicted octanol–water partition coefficient (Wildman–Crippen LogP) is 3.26. The van der Waals surface area contributed by atoms with E-state index in [9.17, 15) is 8.42 Å². The molecule has 0 bridgehead atoms. The second-order valence-corrected chi connectivity index (χ2v) is 7.61. The van der Waals surface area contributed by atoms with Gasteiger partial charge in [-0.2, -0.15) is 17.0 Å². The van der Waals surface area contributed by atoms with Gasteiger partial charge in [0.1, 0.15) is 0 Å². The second-order valence-electron chi connectivity index (χ2n) is 4.28. The molecule has 0 radical (unpaired) electrons. The average Bonchev–Trinajstić information content (AvgIpc) is 2.43. The monoisotopic (exact) mass is 297 g/mol. The number of benzene rings is 1. The molecule has 0 saturated heterocycles. The van der Waals surface area contributed by atoms with Gasteiger partial charge in [-0.1, -0.05) is 25.8 Å². The smallest absolute Gasteiger partial charge is 0.179 e. The third-order valence-corrected chi connectivity index (χ3v) is 5.75. The molecule has 1 rings (SSSR count). The molecule has 0 fully saturated rings. The standard InChI is InChI=1S/C14H19NO2S2/c1-2-3-4-8-18-9-10-19(16,17)14-7-5-6-13(11-14)12-15/h5-7,11H,2-4,8-10H2,1H3. The first-order chi connectivity index (χ1) is 9.10. The van der Waals surface area contributed by atoms with Crippen LogP contribution in [0.4, 0.5) is 0 Å². The zero-order valence-electron chi connectivity index (χ0n) is 11.1. The van der Waals surface area contributed by atoms with Crippen LogP contribution in [0.3, 0.4) is 0 Å². The van der Waals surface area contributed by atoms with Crippen LogP contribution >= 0.6 is 11.8 Å². The van der Waals surface area contributed by atoms with E-state index in [0.29, 0.717) is 11.3 Å². The fourth-order valence-corrected chi connectivity index (χ4v) is 4.39. The molecule has 0 aliphatic carbocycles. The van der Waals surface area contributed by atoms with E-state index < -0.39 is 9.84 Å². The number of hydrogen-bond acceptors (Lipinski definition) is 4. The molecule has 0 aromatic heterocycles. The van der Waals surface area contributed by atoms with Crippen molar-refractivity contribution in [2.24, 2.45) is 0 Å². The van der Waals surface area contributed by atoms with Crippen molar-refractivity contribution in [3.8, 4) is 6.07 Å². The van der Waals surface area contributed by atoms with Crippen molar-refractivity contribution in [1.29, 1.82) is 5.26 Å². The second kappa shape index (κ2) is 8.23. The zero-order valence-corrected chi connectivity index (χ0v) is 12.8. The number of unbranched alkanes of at least 4 members (excludes halogenated alkanes) is 2. The number of nitrogens with zero attached hydrogens (tertiary/aromatic N) is 1. The molecule has 0 N–H and O–H groups in total. The molecule has 0 aliphatic rings. The van der Waals surface area contributed by atoms with Gasteiger partial charge in [-0.3, -0.25) is 0 Å². The number of nitriles is 1. The van der Waals surface area contributed by atoms with Crippen molar-refractivity contribution in [2.75, 3.05) is 17.3 Å². The van der Waals surface area contributed by atoms with Gasteiger partial charge in [0.2, 0.25) is 0 Å². The first-order valence-electron chi connectivity index (χ1n) is 6.41. The topological polar surface area (TPSA) is 57.9 Å². The van der Waals surface area contributed by atoms with Crippen molar-refractivity contribution < 1.29 is 8.42 Å². The molecular weight excluding hydrogens is 278 g/mol. The Kier molecular flexibility index (Phi) is 6.96. The number of hydrogen-bond donors (Lipinski definition) is 0. The van der Waals surface area contributed by atoms with Crippen LogP contribution in [0.5, 0.6) is 0 Å². The first-order valence-corrected chi connectivity index (χ1v) is 9.21. The largest absolute Gasteiger partial charge is 0.224 e. The molecule has 0 atom stereocenters. The molecule has 0 heterocycles. The quantitative estimate of drug-likeness (QED) is 0.691. The maximum Gasteiger partial charge on any atom is 0.179 e. The number of rotatable bonds is 8. The minimum Gasteiger partial charge on any atom is -0.224 e. The summed E-state index contributed by atoms with van der Waals surface area (Å²) in [5.41, 5.74) is 0.386. The Morgan fingerprint density at radius 1 is 1.26 bits per heavy atom. The molecule has 1 aromatic carbocycles. The molecule has 0 amide bonds. The summed E-state index contributed by atoms with van der Waals surface area (Å²) in [4.78, 5) is 0.251. The molecule has 0 unspecified atom stereocenters. The molecule has 1 aromatic rings. The molecule has 5 heteroatoms. The Hall–Kier alpha value is -0.990. The highest BCUT2D eigenvalue weighted by atomic mass is 32.2. The van der Waals surface area contributed by atoms with Gasteiger partial charge in [-0.05, 0) is 30.4 Å². The lowest BCUT2D eigenvalue weighted by atomic mass is 10.2. The third-order valence-electron chi connectivity index (χ3n) is 2.71. The van der Waals surface area contributed by atoms with Crippen LogP contribution in [0.25, 0.3) is 0 Å². The molecule has 0 spiro atoms. The summed E-state index contributed by atoms with van der Waals surface area (Å²) in [6.07, 6.45) is 3.52. The van der Waals surface area contributed by atoms with Crippen LogP contribution in [0.1, 0.15) is 31.7 Å². The minimum atomic E-state index is -3.26. The van der Waals surface area contributed by atoms with Crippen molar-refractivity contribution in [3.05, 3.63) is 29.8 Å². The van der Waals surface area contributed by atoms with E-state index >= 15 is 0 Å². The van der Waals surface area contributed by atoms with Crippen molar-refractivity contribution >= 4 is 21.6 Å². The zero-order chi connectivity index (χ0) is 14.1. The highest BCUT2D eigenvalue weighted by Crippen LogP contribution is 2.15. The number of thioether (sulfide) groups is 1. The molecule has 0 aliphatic heterocycles. The lowest BCUT2D eigenvalue weighted by Gasteiger charge is -2.05. The summed E-state index contributed by atoms with van der Waals surface area (Å²) in [5, 5.41) is 8.78. The Bertz CT molecular complexity index is 533. The summed E-state index contributed by atoms with van der Waals surface area (Å²) in [6, 6.07) is 8.18. The highest BCUT2D eigenvalue weighted by Gasteiger charge is 2.14. The van der Waals surface area contributed by atoms with Gasteiger partial charge >= 0.3 is 0 Å². The van der Waals surface area contributed by atoms with Crippen molar-refractivity contribution in [2.45, 2.75) is 31.1 Å². The van der Waals surface area contributed by atoms with Gasteiger partial charge in [-0.25, -0.2) is 8.42 Å². The third kappa shape index (κ3) is 5.66.